The summed E-state index contributed by atoms with van der Waals surface area (Å²) in [4.78, 5) is 0. The highest BCUT2D eigenvalue weighted by Crippen LogP contribution is 2.20. The van der Waals surface area contributed by atoms with Gasteiger partial charge in [0, 0.05) is 12.6 Å². The first-order valence-corrected chi connectivity index (χ1v) is 7.00. The molecule has 0 bridgehead atoms. The van der Waals surface area contributed by atoms with Crippen LogP contribution in [0.25, 0.3) is 0 Å². The van der Waals surface area contributed by atoms with Gasteiger partial charge in [-0.25, -0.2) is 8.93 Å². The van der Waals surface area contributed by atoms with Crippen LogP contribution in [0.4, 0.5) is 0 Å². The lowest BCUT2D eigenvalue weighted by Crippen LogP contribution is -2.45. The zero-order chi connectivity index (χ0) is 12.2. The predicted molar refractivity (Wildman–Crippen MR) is 68.6 cm³/mol. The molecule has 16 heavy (non-hydrogen) atoms. The fourth-order valence-electron chi connectivity index (χ4n) is 1.69. The van der Waals surface area contributed by atoms with E-state index in [1.807, 2.05) is 26.8 Å². The second-order valence-electron chi connectivity index (χ2n) is 5.18. The molecule has 0 unspecified atom stereocenters. The highest BCUT2D eigenvalue weighted by Gasteiger charge is 2.29. The normalized spacial score (nSPS) is 25.3. The SMILES string of the molecule is C=CC[C@@H](N[S@@](=O)C(C)(C)C)[C@@H]1CCCO1. The third kappa shape index (κ3) is 4.00. The maximum Gasteiger partial charge on any atom is 0.0973 e. The molecule has 1 aliphatic heterocycles. The molecule has 0 aromatic rings. The molecule has 1 heterocycles. The van der Waals surface area contributed by atoms with Crippen LogP contribution in [-0.4, -0.2) is 27.7 Å². The van der Waals surface area contributed by atoms with Crippen molar-refractivity contribution in [1.82, 2.24) is 4.72 Å². The zero-order valence-corrected chi connectivity index (χ0v) is 11.3. The highest BCUT2D eigenvalue weighted by atomic mass is 32.2. The summed E-state index contributed by atoms with van der Waals surface area (Å²) in [6, 6.07) is 0.125. The van der Waals surface area contributed by atoms with Crippen molar-refractivity contribution in [3.63, 3.8) is 0 Å². The molecule has 1 N–H and O–H groups in total. The summed E-state index contributed by atoms with van der Waals surface area (Å²) in [7, 11) is -1.04. The quantitative estimate of drug-likeness (QED) is 0.754. The van der Waals surface area contributed by atoms with Gasteiger partial charge in [-0.1, -0.05) is 6.08 Å². The molecule has 0 spiro atoms. The Kier molecular flexibility index (Phi) is 5.15. The van der Waals surface area contributed by atoms with Gasteiger partial charge in [-0.15, -0.1) is 6.58 Å². The molecule has 3 nitrogen and oxygen atoms in total. The van der Waals surface area contributed by atoms with Gasteiger partial charge in [-0.05, 0) is 40.0 Å². The van der Waals surface area contributed by atoms with Crippen LogP contribution < -0.4 is 4.72 Å². The first-order valence-electron chi connectivity index (χ1n) is 5.85. The molecular weight excluding hydrogens is 222 g/mol. The summed E-state index contributed by atoms with van der Waals surface area (Å²) in [5, 5.41) is 0. The van der Waals surface area contributed by atoms with Gasteiger partial charge >= 0.3 is 0 Å². The Bertz CT molecular complexity index is 254. The summed E-state index contributed by atoms with van der Waals surface area (Å²) in [6.45, 7) is 10.5. The van der Waals surface area contributed by atoms with E-state index in [1.165, 1.54) is 0 Å². The second kappa shape index (κ2) is 5.94. The van der Waals surface area contributed by atoms with Crippen molar-refractivity contribution in [2.75, 3.05) is 6.61 Å². The van der Waals surface area contributed by atoms with E-state index in [1.54, 1.807) is 0 Å². The molecule has 4 heteroatoms. The van der Waals surface area contributed by atoms with Crippen molar-refractivity contribution in [1.29, 1.82) is 0 Å². The molecular formula is C12H23NO2S. The van der Waals surface area contributed by atoms with Crippen molar-refractivity contribution < 1.29 is 8.95 Å². The first kappa shape index (κ1) is 13.9. The Balaban J connectivity index is 2.56. The molecule has 0 aromatic heterocycles. The van der Waals surface area contributed by atoms with Crippen LogP contribution in [0.15, 0.2) is 12.7 Å². The van der Waals surface area contributed by atoms with E-state index in [0.717, 1.165) is 25.9 Å². The average Bonchev–Trinajstić information content (AvgIpc) is 2.68. The fraction of sp³-hybridized carbons (Fsp3) is 0.833. The van der Waals surface area contributed by atoms with Crippen LogP contribution in [0.3, 0.4) is 0 Å². The van der Waals surface area contributed by atoms with Crippen LogP contribution >= 0.6 is 0 Å². The van der Waals surface area contributed by atoms with Crippen molar-refractivity contribution >= 4 is 11.0 Å². The maximum absolute atomic E-state index is 12.0. The topological polar surface area (TPSA) is 38.3 Å². The highest BCUT2D eigenvalue weighted by molar-refractivity contribution is 7.84. The Morgan fingerprint density at radius 2 is 2.31 bits per heavy atom. The average molecular weight is 245 g/mol. The number of ether oxygens (including phenoxy) is 1. The fourth-order valence-corrected chi connectivity index (χ4v) is 2.57. The third-order valence-corrected chi connectivity index (χ3v) is 4.28. The van der Waals surface area contributed by atoms with Crippen molar-refractivity contribution in [3.8, 4) is 0 Å². The Labute approximate surface area is 101 Å². The lowest BCUT2D eigenvalue weighted by atomic mass is 10.1. The van der Waals surface area contributed by atoms with E-state index < -0.39 is 11.0 Å². The van der Waals surface area contributed by atoms with Crippen LogP contribution in [0, 0.1) is 0 Å². The molecule has 94 valence electrons. The molecule has 1 rings (SSSR count). The van der Waals surface area contributed by atoms with Gasteiger partial charge in [0.1, 0.15) is 0 Å². The molecule has 3 atom stereocenters. The van der Waals surface area contributed by atoms with Crippen LogP contribution in [0.5, 0.6) is 0 Å². The summed E-state index contributed by atoms with van der Waals surface area (Å²) < 4.78 is 20.6. The second-order valence-corrected chi connectivity index (χ2v) is 7.18. The monoisotopic (exact) mass is 245 g/mol. The van der Waals surface area contributed by atoms with Gasteiger partial charge in [0.15, 0.2) is 0 Å². The Morgan fingerprint density at radius 3 is 2.75 bits per heavy atom. The first-order chi connectivity index (χ1) is 7.45. The minimum atomic E-state index is -1.04. The smallest absolute Gasteiger partial charge is 0.0973 e. The lowest BCUT2D eigenvalue weighted by molar-refractivity contribution is 0.0863. The van der Waals surface area contributed by atoms with Crippen molar-refractivity contribution in [3.05, 3.63) is 12.7 Å². The lowest BCUT2D eigenvalue weighted by Gasteiger charge is -2.27. The summed E-state index contributed by atoms with van der Waals surface area (Å²) >= 11 is 0. The van der Waals surface area contributed by atoms with Gasteiger partial charge in [-0.2, -0.15) is 0 Å². The predicted octanol–water partition coefficient (Wildman–Crippen LogP) is 2.16. The maximum atomic E-state index is 12.0. The van der Waals surface area contributed by atoms with Gasteiger partial charge in [0.2, 0.25) is 0 Å². The summed E-state index contributed by atoms with van der Waals surface area (Å²) in [6.07, 6.45) is 4.99. The Hall–Kier alpha value is -0.190. The van der Waals surface area contributed by atoms with Crippen LogP contribution in [-0.2, 0) is 15.7 Å². The van der Waals surface area contributed by atoms with Gasteiger partial charge < -0.3 is 4.74 Å². The standard InChI is InChI=1S/C12H23NO2S/c1-5-7-10(11-8-6-9-15-11)13-16(14)12(2,3)4/h5,10-11,13H,1,6-9H2,2-4H3/t10-,11+,16+/m1/s1. The van der Waals surface area contributed by atoms with Gasteiger partial charge in [0.25, 0.3) is 0 Å². The van der Waals surface area contributed by atoms with E-state index in [-0.39, 0.29) is 16.9 Å². The van der Waals surface area contributed by atoms with Crippen molar-refractivity contribution in [2.45, 2.75) is 56.9 Å². The minimum Gasteiger partial charge on any atom is -0.377 e. The molecule has 1 fully saturated rings. The summed E-state index contributed by atoms with van der Waals surface area (Å²) in [5.41, 5.74) is 0. The largest absolute Gasteiger partial charge is 0.377 e. The molecule has 0 amide bonds. The van der Waals surface area contributed by atoms with E-state index >= 15 is 0 Å². The zero-order valence-electron chi connectivity index (χ0n) is 10.5. The number of hydrogen-bond acceptors (Lipinski definition) is 2. The molecule has 1 aliphatic rings. The van der Waals surface area contributed by atoms with E-state index in [0.29, 0.717) is 0 Å². The van der Waals surface area contributed by atoms with Crippen LogP contribution in [0.1, 0.15) is 40.0 Å². The van der Waals surface area contributed by atoms with E-state index in [9.17, 15) is 4.21 Å². The molecule has 1 saturated heterocycles. The van der Waals surface area contributed by atoms with E-state index in [2.05, 4.69) is 11.3 Å². The Morgan fingerprint density at radius 1 is 1.62 bits per heavy atom. The van der Waals surface area contributed by atoms with Gasteiger partial charge in [-0.3, -0.25) is 0 Å². The number of nitrogens with one attached hydrogen (secondary N) is 1. The third-order valence-electron chi connectivity index (χ3n) is 2.65. The minimum absolute atomic E-state index is 0.125. The molecule has 0 radical (unpaired) electrons. The molecule has 0 aromatic carbocycles. The van der Waals surface area contributed by atoms with Crippen molar-refractivity contribution in [2.24, 2.45) is 0 Å². The number of rotatable bonds is 5. The van der Waals surface area contributed by atoms with Crippen LogP contribution in [0.2, 0.25) is 0 Å². The summed E-state index contributed by atoms with van der Waals surface area (Å²) in [5.74, 6) is 0. The molecule has 0 saturated carbocycles. The van der Waals surface area contributed by atoms with Gasteiger partial charge in [0.05, 0.1) is 21.8 Å². The molecule has 0 aliphatic carbocycles. The number of hydrogen-bond donors (Lipinski definition) is 1. The van der Waals surface area contributed by atoms with E-state index in [4.69, 9.17) is 4.74 Å².